The Kier molecular flexibility index (Phi) is 7.36. The smallest absolute Gasteiger partial charge is 0.378 e. The van der Waals surface area contributed by atoms with Crippen molar-refractivity contribution >= 4 is 61.9 Å². The summed E-state index contributed by atoms with van der Waals surface area (Å²) in [6.45, 7) is 3.34. The van der Waals surface area contributed by atoms with Crippen molar-refractivity contribution in [1.29, 1.82) is 0 Å². The van der Waals surface area contributed by atoms with E-state index in [1.807, 2.05) is 16.7 Å². The SMILES string of the molecule is CCN1/C(=C\c2oc3ccccc3[n+]2CS(=O)(=O)[O-])N(CCOCCO)c2cc(Cl)c(Cl)cc21. The van der Waals surface area contributed by atoms with Crippen LogP contribution in [0.1, 0.15) is 12.8 Å². The first kappa shape index (κ1) is 24.8. The van der Waals surface area contributed by atoms with Gasteiger partial charge in [0.15, 0.2) is 10.1 Å². The first-order chi connectivity index (χ1) is 16.2. The van der Waals surface area contributed by atoms with E-state index in [1.54, 1.807) is 42.5 Å². The minimum atomic E-state index is -4.59. The van der Waals surface area contributed by atoms with Gasteiger partial charge in [-0.05, 0) is 25.1 Å². The zero-order chi connectivity index (χ0) is 24.5. The van der Waals surface area contributed by atoms with Gasteiger partial charge in [0, 0.05) is 19.2 Å². The summed E-state index contributed by atoms with van der Waals surface area (Å²) in [6, 6.07) is 10.4. The molecule has 0 unspecified atom stereocenters. The highest BCUT2D eigenvalue weighted by molar-refractivity contribution is 7.84. The van der Waals surface area contributed by atoms with Crippen molar-refractivity contribution in [2.24, 2.45) is 0 Å². The number of ether oxygens (including phenoxy) is 1. The summed E-state index contributed by atoms with van der Waals surface area (Å²) in [6.07, 6.45) is 1.68. The molecule has 1 aliphatic rings. The van der Waals surface area contributed by atoms with Crippen molar-refractivity contribution in [3.05, 3.63) is 58.2 Å². The molecule has 0 spiro atoms. The summed E-state index contributed by atoms with van der Waals surface area (Å²) in [5, 5.41) is 9.80. The lowest BCUT2D eigenvalue weighted by Crippen LogP contribution is -2.40. The predicted molar refractivity (Wildman–Crippen MR) is 129 cm³/mol. The molecule has 0 saturated heterocycles. The molecule has 3 aromatic rings. The molecule has 1 aliphatic heterocycles. The average Bonchev–Trinajstić information content (AvgIpc) is 3.25. The fraction of sp³-hybridized carbons (Fsp3) is 0.318. The van der Waals surface area contributed by atoms with Crippen LogP contribution in [-0.2, 0) is 20.7 Å². The Morgan fingerprint density at radius 3 is 2.47 bits per heavy atom. The minimum absolute atomic E-state index is 0.0928. The maximum atomic E-state index is 11.6. The van der Waals surface area contributed by atoms with E-state index in [0.29, 0.717) is 46.7 Å². The predicted octanol–water partition coefficient (Wildman–Crippen LogP) is 3.18. The van der Waals surface area contributed by atoms with Gasteiger partial charge in [-0.3, -0.25) is 0 Å². The van der Waals surface area contributed by atoms with Crippen LogP contribution in [0.2, 0.25) is 10.0 Å². The summed E-state index contributed by atoms with van der Waals surface area (Å²) >= 11 is 12.6. The molecule has 2 aromatic carbocycles. The van der Waals surface area contributed by atoms with Crippen molar-refractivity contribution in [3.63, 3.8) is 0 Å². The number of oxazole rings is 1. The molecule has 0 saturated carbocycles. The summed E-state index contributed by atoms with van der Waals surface area (Å²) in [5.74, 6) is 0.0827. The molecule has 0 aliphatic carbocycles. The molecular formula is C22H23Cl2N3O6S. The first-order valence-corrected chi connectivity index (χ1v) is 12.9. The Morgan fingerprint density at radius 1 is 1.15 bits per heavy atom. The van der Waals surface area contributed by atoms with Gasteiger partial charge in [-0.1, -0.05) is 35.3 Å². The molecule has 1 N–H and O–H groups in total. The molecule has 0 fully saturated rings. The van der Waals surface area contributed by atoms with Crippen LogP contribution in [0.4, 0.5) is 11.4 Å². The Bertz CT molecular complexity index is 1340. The van der Waals surface area contributed by atoms with E-state index in [9.17, 15) is 13.0 Å². The number of fused-ring (bicyclic) bond motifs is 2. The topological polar surface area (TPSA) is 110 Å². The highest BCUT2D eigenvalue weighted by Crippen LogP contribution is 2.45. The van der Waals surface area contributed by atoms with Crippen LogP contribution in [0.15, 0.2) is 46.6 Å². The van der Waals surface area contributed by atoms with Gasteiger partial charge >= 0.3 is 5.89 Å². The molecule has 12 heteroatoms. The van der Waals surface area contributed by atoms with Crippen molar-refractivity contribution in [2.75, 3.05) is 42.7 Å². The van der Waals surface area contributed by atoms with E-state index in [0.717, 1.165) is 11.4 Å². The van der Waals surface area contributed by atoms with Gasteiger partial charge in [0.1, 0.15) is 5.82 Å². The highest BCUT2D eigenvalue weighted by atomic mass is 35.5. The van der Waals surface area contributed by atoms with Crippen LogP contribution in [0.5, 0.6) is 0 Å². The van der Waals surface area contributed by atoms with Crippen LogP contribution < -0.4 is 14.4 Å². The molecule has 0 bridgehead atoms. The molecule has 34 heavy (non-hydrogen) atoms. The molecule has 0 atom stereocenters. The fourth-order valence-corrected chi connectivity index (χ4v) is 4.86. The fourth-order valence-electron chi connectivity index (χ4n) is 3.96. The average molecular weight is 528 g/mol. The monoisotopic (exact) mass is 527 g/mol. The van der Waals surface area contributed by atoms with E-state index in [1.165, 1.54) is 4.57 Å². The summed E-state index contributed by atoms with van der Waals surface area (Å²) in [5.41, 5.74) is 2.52. The second-order valence-corrected chi connectivity index (χ2v) is 9.70. The van der Waals surface area contributed by atoms with E-state index >= 15 is 0 Å². The van der Waals surface area contributed by atoms with E-state index in [4.69, 9.17) is 37.5 Å². The molecular weight excluding hydrogens is 505 g/mol. The number of para-hydroxylation sites is 2. The second kappa shape index (κ2) is 10.1. The lowest BCUT2D eigenvalue weighted by Gasteiger charge is -2.24. The summed E-state index contributed by atoms with van der Waals surface area (Å²) < 4.78 is 47.7. The minimum Gasteiger partial charge on any atom is -0.743 e. The number of aliphatic hydroxyl groups excluding tert-OH is 1. The Morgan fingerprint density at radius 2 is 1.82 bits per heavy atom. The second-order valence-electron chi connectivity index (χ2n) is 7.51. The van der Waals surface area contributed by atoms with E-state index < -0.39 is 16.0 Å². The lowest BCUT2D eigenvalue weighted by atomic mass is 10.2. The number of hydrogen-bond acceptors (Lipinski definition) is 8. The van der Waals surface area contributed by atoms with E-state index in [2.05, 4.69) is 0 Å². The zero-order valence-corrected chi connectivity index (χ0v) is 20.6. The van der Waals surface area contributed by atoms with Crippen LogP contribution >= 0.6 is 23.2 Å². The Balaban J connectivity index is 1.86. The number of rotatable bonds is 9. The molecule has 9 nitrogen and oxygen atoms in total. The van der Waals surface area contributed by atoms with Crippen molar-refractivity contribution in [3.8, 4) is 0 Å². The third-order valence-electron chi connectivity index (χ3n) is 5.34. The third kappa shape index (κ3) is 5.02. The van der Waals surface area contributed by atoms with Gasteiger partial charge in [0.2, 0.25) is 11.5 Å². The number of benzene rings is 2. The number of hydrogen-bond donors (Lipinski definition) is 1. The maximum Gasteiger partial charge on any atom is 0.378 e. The van der Waals surface area contributed by atoms with Crippen LogP contribution in [0.25, 0.3) is 17.2 Å². The van der Waals surface area contributed by atoms with Gasteiger partial charge < -0.3 is 28.6 Å². The number of halogens is 2. The van der Waals surface area contributed by atoms with Gasteiger partial charge in [-0.25, -0.2) is 8.42 Å². The normalized spacial score (nSPS) is 15.0. The van der Waals surface area contributed by atoms with Gasteiger partial charge in [-0.2, -0.15) is 0 Å². The van der Waals surface area contributed by atoms with E-state index in [-0.39, 0.29) is 19.1 Å². The van der Waals surface area contributed by atoms with Gasteiger partial charge in [-0.15, -0.1) is 4.57 Å². The number of nitrogens with zero attached hydrogens (tertiary/aromatic N) is 3. The maximum absolute atomic E-state index is 11.6. The Hall–Kier alpha value is -2.34. The first-order valence-electron chi connectivity index (χ1n) is 10.5. The molecule has 1 aromatic heterocycles. The van der Waals surface area contributed by atoms with Crippen molar-refractivity contribution in [1.82, 2.24) is 0 Å². The molecule has 4 rings (SSSR count). The number of anilines is 2. The largest absolute Gasteiger partial charge is 0.743 e. The quantitative estimate of drug-likeness (QED) is 0.256. The lowest BCUT2D eigenvalue weighted by molar-refractivity contribution is -0.658. The van der Waals surface area contributed by atoms with Gasteiger partial charge in [0.05, 0.1) is 47.3 Å². The molecule has 0 amide bonds. The molecule has 2 heterocycles. The Labute approximate surface area is 207 Å². The highest BCUT2D eigenvalue weighted by Gasteiger charge is 2.34. The van der Waals surface area contributed by atoms with Crippen molar-refractivity contribution in [2.45, 2.75) is 12.8 Å². The molecule has 0 radical (unpaired) electrons. The van der Waals surface area contributed by atoms with Crippen LogP contribution in [0, 0.1) is 0 Å². The third-order valence-corrected chi connectivity index (χ3v) is 6.64. The zero-order valence-electron chi connectivity index (χ0n) is 18.3. The molecule has 182 valence electrons. The van der Waals surface area contributed by atoms with Gasteiger partial charge in [0.25, 0.3) is 5.52 Å². The number of aliphatic hydroxyl groups is 1. The summed E-state index contributed by atoms with van der Waals surface area (Å²) in [4.78, 5) is 3.93. The van der Waals surface area contributed by atoms with Crippen LogP contribution in [0.3, 0.4) is 0 Å². The van der Waals surface area contributed by atoms with Crippen molar-refractivity contribution < 1.29 is 31.8 Å². The number of aromatic nitrogens is 1. The summed E-state index contributed by atoms with van der Waals surface area (Å²) in [7, 11) is -4.59. The standard InChI is InChI=1S/C22H23Cl2N3O6S/c1-2-25-18-11-15(23)16(24)12-19(18)26(7-9-32-10-8-28)21(25)13-22-27(14-34(29,30)31)17-5-3-4-6-20(17)33-22/h3-6,11-13,28H,2,7-10,14H2,1H3. The van der Waals surface area contributed by atoms with Crippen LogP contribution in [-0.4, -0.2) is 51.0 Å².